The first-order valence-corrected chi connectivity index (χ1v) is 10.1. The Morgan fingerprint density at radius 1 is 0.968 bits per heavy atom. The molecule has 1 aliphatic heterocycles. The summed E-state index contributed by atoms with van der Waals surface area (Å²) in [6, 6.07) is 27.0. The van der Waals surface area contributed by atoms with Gasteiger partial charge in [-0.1, -0.05) is 48.5 Å². The lowest BCUT2D eigenvalue weighted by molar-refractivity contribution is -0.112. The predicted molar refractivity (Wildman–Crippen MR) is 125 cm³/mol. The maximum Gasteiger partial charge on any atom is 0.257 e. The quantitative estimate of drug-likeness (QED) is 0.464. The number of hydrogen-bond acceptors (Lipinski definition) is 4. The van der Waals surface area contributed by atoms with Crippen molar-refractivity contribution in [3.63, 3.8) is 0 Å². The van der Waals surface area contributed by atoms with E-state index in [4.69, 9.17) is 0 Å². The van der Waals surface area contributed by atoms with Gasteiger partial charge in [0, 0.05) is 22.3 Å². The normalized spacial score (nSPS) is 13.3. The molecule has 31 heavy (non-hydrogen) atoms. The number of aliphatic hydroxyl groups excluding tert-OH is 1. The maximum atomic E-state index is 13.3. The van der Waals surface area contributed by atoms with Crippen molar-refractivity contribution >= 4 is 39.6 Å². The van der Waals surface area contributed by atoms with E-state index < -0.39 is 0 Å². The van der Waals surface area contributed by atoms with Crippen molar-refractivity contribution in [1.82, 2.24) is 4.98 Å². The molecule has 0 bridgehead atoms. The molecule has 0 atom stereocenters. The molecule has 1 aromatic heterocycles. The van der Waals surface area contributed by atoms with Crippen LogP contribution in [0.2, 0.25) is 0 Å². The van der Waals surface area contributed by atoms with Gasteiger partial charge in [-0.2, -0.15) is 0 Å². The topological polar surface area (TPSA) is 65.5 Å². The number of benzene rings is 3. The van der Waals surface area contributed by atoms with E-state index in [0.717, 1.165) is 28.0 Å². The van der Waals surface area contributed by atoms with Gasteiger partial charge < -0.3 is 15.3 Å². The first kappa shape index (κ1) is 18.9. The number of nitrogens with one attached hydrogen (secondary N) is 1. The molecule has 2 heterocycles. The zero-order valence-corrected chi connectivity index (χ0v) is 17.0. The summed E-state index contributed by atoms with van der Waals surface area (Å²) in [4.78, 5) is 19.9. The van der Waals surface area contributed by atoms with E-state index in [2.05, 4.69) is 10.3 Å². The average molecular weight is 407 g/mol. The van der Waals surface area contributed by atoms with Crippen molar-refractivity contribution < 1.29 is 9.90 Å². The first-order valence-electron chi connectivity index (χ1n) is 10.1. The Hall–Kier alpha value is -4.12. The summed E-state index contributed by atoms with van der Waals surface area (Å²) in [6.07, 6.45) is 0. The highest BCUT2D eigenvalue weighted by Crippen LogP contribution is 2.38. The van der Waals surface area contributed by atoms with E-state index in [1.54, 1.807) is 0 Å². The van der Waals surface area contributed by atoms with E-state index in [9.17, 15) is 9.90 Å². The van der Waals surface area contributed by atoms with Crippen LogP contribution in [0.5, 0.6) is 0 Å². The number of para-hydroxylation sites is 3. The summed E-state index contributed by atoms with van der Waals surface area (Å²) in [6.45, 7) is 2.16. The number of rotatable bonds is 3. The minimum Gasteiger partial charge on any atom is -0.507 e. The van der Waals surface area contributed by atoms with Crippen molar-refractivity contribution in [3.05, 3.63) is 102 Å². The first-order chi connectivity index (χ1) is 15.1. The van der Waals surface area contributed by atoms with E-state index >= 15 is 0 Å². The zero-order chi connectivity index (χ0) is 21.4. The third-order valence-electron chi connectivity index (χ3n) is 5.49. The number of aliphatic hydroxyl groups is 1. The monoisotopic (exact) mass is 407 g/mol. The Bertz CT molecular complexity index is 1330. The molecule has 0 saturated heterocycles. The summed E-state index contributed by atoms with van der Waals surface area (Å²) in [7, 11) is 0. The smallest absolute Gasteiger partial charge is 0.257 e. The van der Waals surface area contributed by atoms with Crippen molar-refractivity contribution in [2.45, 2.75) is 6.92 Å². The lowest BCUT2D eigenvalue weighted by atomic mass is 9.98. The molecule has 0 spiro atoms. The van der Waals surface area contributed by atoms with Crippen molar-refractivity contribution in [2.24, 2.45) is 0 Å². The summed E-state index contributed by atoms with van der Waals surface area (Å²) in [5, 5.41) is 14.8. The second kappa shape index (κ2) is 7.61. The molecule has 0 radical (unpaired) electrons. The van der Waals surface area contributed by atoms with Crippen LogP contribution in [0, 0.1) is 6.92 Å². The molecule has 1 amide bonds. The molecule has 0 fully saturated rings. The molecule has 2 N–H and O–H groups in total. The van der Waals surface area contributed by atoms with Crippen LogP contribution in [0.15, 0.2) is 90.5 Å². The predicted octanol–water partition coefficient (Wildman–Crippen LogP) is 5.60. The van der Waals surface area contributed by atoms with Crippen LogP contribution in [0.4, 0.5) is 17.1 Å². The zero-order valence-electron chi connectivity index (χ0n) is 17.0. The highest BCUT2D eigenvalue weighted by Gasteiger charge is 2.29. The minimum absolute atomic E-state index is 0.00960. The number of carbonyl (C=O) groups is 1. The Morgan fingerprint density at radius 2 is 1.68 bits per heavy atom. The Kier molecular flexibility index (Phi) is 4.64. The van der Waals surface area contributed by atoms with Gasteiger partial charge in [0.1, 0.15) is 5.76 Å². The SMILES string of the molecule is Cc1cc(NC(=O)C2=C(O)c3ccccc3N(c3ccccc3)C2)c2ccccc2n1. The molecule has 5 nitrogen and oxygen atoms in total. The van der Waals surface area contributed by atoms with Crippen LogP contribution in [0.3, 0.4) is 0 Å². The number of anilines is 3. The Labute approximate surface area is 180 Å². The highest BCUT2D eigenvalue weighted by atomic mass is 16.3. The number of aryl methyl sites for hydroxylation is 1. The number of carbonyl (C=O) groups excluding carboxylic acids is 1. The van der Waals surface area contributed by atoms with Crippen LogP contribution in [0.25, 0.3) is 16.7 Å². The fourth-order valence-corrected chi connectivity index (χ4v) is 4.02. The van der Waals surface area contributed by atoms with Crippen molar-refractivity contribution in [1.29, 1.82) is 0 Å². The molecule has 5 rings (SSSR count). The van der Waals surface area contributed by atoms with Crippen LogP contribution in [0.1, 0.15) is 11.3 Å². The molecule has 5 heteroatoms. The molecule has 1 aliphatic rings. The highest BCUT2D eigenvalue weighted by molar-refractivity contribution is 6.13. The molecule has 3 aromatic carbocycles. The summed E-state index contributed by atoms with van der Waals surface area (Å²) in [5.74, 6) is -0.320. The van der Waals surface area contributed by atoms with Gasteiger partial charge in [0.25, 0.3) is 5.91 Å². The second-order valence-electron chi connectivity index (χ2n) is 7.55. The van der Waals surface area contributed by atoms with Crippen molar-refractivity contribution in [3.8, 4) is 0 Å². The van der Waals surface area contributed by atoms with Gasteiger partial charge in [0.05, 0.1) is 29.0 Å². The molecular weight excluding hydrogens is 386 g/mol. The largest absolute Gasteiger partial charge is 0.507 e. The van der Waals surface area contributed by atoms with Gasteiger partial charge in [0.15, 0.2) is 0 Å². The van der Waals surface area contributed by atoms with Crippen LogP contribution in [-0.4, -0.2) is 22.5 Å². The molecule has 4 aromatic rings. The second-order valence-corrected chi connectivity index (χ2v) is 7.55. The number of aromatic nitrogens is 1. The maximum absolute atomic E-state index is 13.3. The number of hydrogen-bond donors (Lipinski definition) is 2. The molecule has 0 aliphatic carbocycles. The van der Waals surface area contributed by atoms with E-state index in [1.165, 1.54) is 0 Å². The standard InChI is InChI=1S/C26H21N3O2/c1-17-15-23(19-11-5-7-13-22(19)27-17)28-26(31)21-16-29(18-9-3-2-4-10-18)24-14-8-6-12-20(24)25(21)30/h2-15,30H,16H2,1H3,(H,27,28,31). The summed E-state index contributed by atoms with van der Waals surface area (Å²) in [5.41, 5.74) is 5.09. The van der Waals surface area contributed by atoms with Gasteiger partial charge in [-0.25, -0.2) is 0 Å². The van der Waals surface area contributed by atoms with E-state index in [1.807, 2.05) is 96.8 Å². The van der Waals surface area contributed by atoms with Gasteiger partial charge in [-0.05, 0) is 43.3 Å². The van der Waals surface area contributed by atoms with Gasteiger partial charge in [-0.15, -0.1) is 0 Å². The molecule has 152 valence electrons. The number of fused-ring (bicyclic) bond motifs is 2. The number of amides is 1. The van der Waals surface area contributed by atoms with Gasteiger partial charge in [0.2, 0.25) is 0 Å². The number of pyridine rings is 1. The van der Waals surface area contributed by atoms with Gasteiger partial charge >= 0.3 is 0 Å². The molecule has 0 unspecified atom stereocenters. The fraction of sp³-hybridized carbons (Fsp3) is 0.0769. The third-order valence-corrected chi connectivity index (χ3v) is 5.49. The lowest BCUT2D eigenvalue weighted by Crippen LogP contribution is -2.31. The van der Waals surface area contributed by atoms with Crippen LogP contribution in [-0.2, 0) is 4.79 Å². The third kappa shape index (κ3) is 3.40. The van der Waals surface area contributed by atoms with Crippen LogP contribution < -0.4 is 10.2 Å². The fourth-order valence-electron chi connectivity index (χ4n) is 4.02. The number of nitrogens with zero attached hydrogens (tertiary/aromatic N) is 2. The lowest BCUT2D eigenvalue weighted by Gasteiger charge is -2.32. The van der Waals surface area contributed by atoms with Crippen molar-refractivity contribution in [2.75, 3.05) is 16.8 Å². The molecule has 0 saturated carbocycles. The summed E-state index contributed by atoms with van der Waals surface area (Å²) < 4.78 is 0. The molecular formula is C26H21N3O2. The van der Waals surface area contributed by atoms with E-state index in [0.29, 0.717) is 16.8 Å². The summed E-state index contributed by atoms with van der Waals surface area (Å²) >= 11 is 0. The van der Waals surface area contributed by atoms with E-state index in [-0.39, 0.29) is 18.2 Å². The van der Waals surface area contributed by atoms with Crippen LogP contribution >= 0.6 is 0 Å². The Balaban J connectivity index is 1.56. The minimum atomic E-state index is -0.330. The van der Waals surface area contributed by atoms with Gasteiger partial charge in [-0.3, -0.25) is 9.78 Å². The Morgan fingerprint density at radius 3 is 2.52 bits per heavy atom. The average Bonchev–Trinajstić information content (AvgIpc) is 2.80.